The number of alkyl halides is 3. The first-order valence-corrected chi connectivity index (χ1v) is 13.0. The molecular weight excluding hydrogens is 433 g/mol. The van der Waals surface area contributed by atoms with Crippen molar-refractivity contribution in [2.75, 3.05) is 32.7 Å². The minimum Gasteiger partial charge on any atom is -0.307 e. The minimum absolute atomic E-state index is 0.310. The summed E-state index contributed by atoms with van der Waals surface area (Å²) < 4.78 is 39.2. The van der Waals surface area contributed by atoms with E-state index in [-0.39, 0.29) is 0 Å². The van der Waals surface area contributed by atoms with Crippen molar-refractivity contribution < 1.29 is 13.2 Å². The van der Waals surface area contributed by atoms with Crippen molar-refractivity contribution in [1.29, 1.82) is 0 Å². The molecule has 34 heavy (non-hydrogen) atoms. The van der Waals surface area contributed by atoms with E-state index >= 15 is 0 Å². The zero-order valence-electron chi connectivity index (χ0n) is 20.5. The zero-order valence-corrected chi connectivity index (χ0v) is 20.5. The standard InChI is InChI=1S/C29H39F3N2/c1-23-14-18-34(19-15-23)17-9-3-8-16-28(21-33-22-29(30,31)32)26-12-5-2-4-10-24(26)20-25-11-6-7-13-27(25)28/h2,5-7,10-13,23,33H,3-4,8-9,14-22H2,1H3. The van der Waals surface area contributed by atoms with Gasteiger partial charge in [-0.2, -0.15) is 13.2 Å². The van der Waals surface area contributed by atoms with Crippen molar-refractivity contribution in [3.05, 3.63) is 70.8 Å². The fraction of sp³-hybridized carbons (Fsp3) is 0.586. The van der Waals surface area contributed by atoms with Crippen molar-refractivity contribution in [3.8, 4) is 0 Å². The van der Waals surface area contributed by atoms with Gasteiger partial charge in [-0.3, -0.25) is 0 Å². The van der Waals surface area contributed by atoms with Crippen molar-refractivity contribution in [3.63, 3.8) is 0 Å². The van der Waals surface area contributed by atoms with Crippen LogP contribution in [0.3, 0.4) is 0 Å². The molecule has 1 fully saturated rings. The Balaban J connectivity index is 1.51. The van der Waals surface area contributed by atoms with Crippen molar-refractivity contribution in [2.45, 2.75) is 69.9 Å². The summed E-state index contributed by atoms with van der Waals surface area (Å²) in [6.07, 6.45) is 12.9. The van der Waals surface area contributed by atoms with E-state index in [0.717, 1.165) is 51.0 Å². The van der Waals surface area contributed by atoms with E-state index in [2.05, 4.69) is 59.6 Å². The first-order chi connectivity index (χ1) is 16.4. The van der Waals surface area contributed by atoms with Crippen LogP contribution in [0.25, 0.3) is 0 Å². The molecular formula is C29H39F3N2. The number of hydrogen-bond donors (Lipinski definition) is 1. The van der Waals surface area contributed by atoms with E-state index in [0.29, 0.717) is 6.54 Å². The second-order valence-electron chi connectivity index (χ2n) is 10.4. The number of piperidine rings is 1. The lowest BCUT2D eigenvalue weighted by Crippen LogP contribution is -2.45. The van der Waals surface area contributed by atoms with Gasteiger partial charge in [0.25, 0.3) is 0 Å². The number of rotatable bonds is 9. The van der Waals surface area contributed by atoms with Gasteiger partial charge >= 0.3 is 6.18 Å². The van der Waals surface area contributed by atoms with Crippen molar-refractivity contribution >= 4 is 0 Å². The molecule has 5 heteroatoms. The largest absolute Gasteiger partial charge is 0.401 e. The Kier molecular flexibility index (Phi) is 8.36. The lowest BCUT2D eigenvalue weighted by atomic mass is 9.62. The lowest BCUT2D eigenvalue weighted by Gasteiger charge is -2.43. The molecule has 0 radical (unpaired) electrons. The summed E-state index contributed by atoms with van der Waals surface area (Å²) in [6.45, 7) is 5.24. The molecule has 1 N–H and O–H groups in total. The predicted molar refractivity (Wildman–Crippen MR) is 134 cm³/mol. The van der Waals surface area contributed by atoms with E-state index in [1.165, 1.54) is 48.2 Å². The Hall–Kier alpha value is -1.85. The second-order valence-corrected chi connectivity index (χ2v) is 10.4. The molecule has 2 aliphatic carbocycles. The highest BCUT2D eigenvalue weighted by molar-refractivity contribution is 5.58. The number of likely N-dealkylation sites (tertiary alicyclic amines) is 1. The molecule has 1 heterocycles. The number of nitrogens with one attached hydrogen (secondary N) is 1. The average molecular weight is 473 g/mol. The highest BCUT2D eigenvalue weighted by atomic mass is 19.4. The fourth-order valence-corrected chi connectivity index (χ4v) is 5.99. The lowest BCUT2D eigenvalue weighted by molar-refractivity contribution is -0.125. The summed E-state index contributed by atoms with van der Waals surface area (Å²) in [7, 11) is 0. The third kappa shape index (κ3) is 6.23. The van der Waals surface area contributed by atoms with Crippen LogP contribution in [-0.2, 0) is 11.8 Å². The summed E-state index contributed by atoms with van der Waals surface area (Å²) in [5.41, 5.74) is 4.51. The maximum Gasteiger partial charge on any atom is 0.401 e. The Morgan fingerprint density at radius 1 is 1.09 bits per heavy atom. The molecule has 3 aliphatic rings. The summed E-state index contributed by atoms with van der Waals surface area (Å²) in [6, 6.07) is 8.39. The molecule has 0 amide bonds. The molecule has 2 nitrogen and oxygen atoms in total. The Morgan fingerprint density at radius 3 is 2.68 bits per heavy atom. The van der Waals surface area contributed by atoms with Gasteiger partial charge in [-0.25, -0.2) is 0 Å². The van der Waals surface area contributed by atoms with Gasteiger partial charge in [-0.1, -0.05) is 68.3 Å². The molecule has 1 atom stereocenters. The molecule has 1 aromatic carbocycles. The van der Waals surface area contributed by atoms with Crippen LogP contribution in [0.15, 0.2) is 59.7 Å². The summed E-state index contributed by atoms with van der Waals surface area (Å²) in [4.78, 5) is 2.58. The molecule has 1 unspecified atom stereocenters. The van der Waals surface area contributed by atoms with Crippen LogP contribution in [0, 0.1) is 5.92 Å². The molecule has 1 aliphatic heterocycles. The van der Waals surface area contributed by atoms with Gasteiger partial charge in [0.05, 0.1) is 6.54 Å². The van der Waals surface area contributed by atoms with Gasteiger partial charge < -0.3 is 10.2 Å². The van der Waals surface area contributed by atoms with Crippen LogP contribution in [0.1, 0.15) is 63.0 Å². The molecule has 186 valence electrons. The van der Waals surface area contributed by atoms with Gasteiger partial charge in [-0.15, -0.1) is 0 Å². The molecule has 0 saturated carbocycles. The van der Waals surface area contributed by atoms with E-state index in [1.54, 1.807) is 0 Å². The summed E-state index contributed by atoms with van der Waals surface area (Å²) in [5, 5.41) is 2.80. The van der Waals surface area contributed by atoms with Gasteiger partial charge in [-0.05, 0) is 86.4 Å². The normalized spacial score (nSPS) is 23.6. The number of benzene rings is 1. The van der Waals surface area contributed by atoms with Crippen molar-refractivity contribution in [1.82, 2.24) is 10.2 Å². The average Bonchev–Trinajstić information content (AvgIpc) is 3.05. The minimum atomic E-state index is -4.21. The Bertz CT molecular complexity index is 906. The van der Waals surface area contributed by atoms with Crippen molar-refractivity contribution in [2.24, 2.45) is 5.92 Å². The first-order valence-electron chi connectivity index (χ1n) is 13.0. The summed E-state index contributed by atoms with van der Waals surface area (Å²) >= 11 is 0. The third-order valence-corrected chi connectivity index (χ3v) is 7.88. The number of hydrogen-bond acceptors (Lipinski definition) is 2. The van der Waals surface area contributed by atoms with Gasteiger partial charge in [0.1, 0.15) is 0 Å². The van der Waals surface area contributed by atoms with Crippen LogP contribution in [0.5, 0.6) is 0 Å². The van der Waals surface area contributed by atoms with Crippen LogP contribution in [0.2, 0.25) is 0 Å². The Labute approximate surface area is 203 Å². The smallest absolute Gasteiger partial charge is 0.307 e. The quantitative estimate of drug-likeness (QED) is 0.401. The number of halogens is 3. The van der Waals surface area contributed by atoms with Gasteiger partial charge in [0, 0.05) is 12.0 Å². The number of nitrogens with zero attached hydrogens (tertiary/aromatic N) is 1. The van der Waals surface area contributed by atoms with Crippen LogP contribution in [0.4, 0.5) is 13.2 Å². The van der Waals surface area contributed by atoms with E-state index < -0.39 is 18.1 Å². The van der Waals surface area contributed by atoms with Gasteiger partial charge in [0.2, 0.25) is 0 Å². The maximum atomic E-state index is 13.1. The van der Waals surface area contributed by atoms with E-state index in [9.17, 15) is 13.2 Å². The number of fused-ring (bicyclic) bond motifs is 2. The fourth-order valence-electron chi connectivity index (χ4n) is 5.99. The SMILES string of the molecule is CC1CCN(CCCCCC2(CNCC(F)(F)F)C3=CC=CCC=C3Cc3ccccc32)CC1. The molecule has 0 aromatic heterocycles. The third-order valence-electron chi connectivity index (χ3n) is 7.88. The van der Waals surface area contributed by atoms with E-state index in [1.807, 2.05) is 6.07 Å². The highest BCUT2D eigenvalue weighted by Crippen LogP contribution is 2.47. The summed E-state index contributed by atoms with van der Waals surface area (Å²) in [5.74, 6) is 0.843. The Morgan fingerprint density at radius 2 is 1.88 bits per heavy atom. The van der Waals surface area contributed by atoms with E-state index in [4.69, 9.17) is 0 Å². The molecule has 1 aromatic rings. The predicted octanol–water partition coefficient (Wildman–Crippen LogP) is 6.74. The monoisotopic (exact) mass is 472 g/mol. The molecule has 0 bridgehead atoms. The van der Waals surface area contributed by atoms with Crippen LogP contribution >= 0.6 is 0 Å². The molecule has 4 rings (SSSR count). The molecule has 1 saturated heterocycles. The maximum absolute atomic E-state index is 13.1. The molecule has 0 spiro atoms. The number of unbranched alkanes of at least 4 members (excludes halogenated alkanes) is 2. The number of allylic oxidation sites excluding steroid dienone is 5. The van der Waals surface area contributed by atoms with Crippen LogP contribution in [-0.4, -0.2) is 43.8 Å². The van der Waals surface area contributed by atoms with Crippen LogP contribution < -0.4 is 5.32 Å². The topological polar surface area (TPSA) is 15.3 Å². The second kappa shape index (κ2) is 11.3. The highest BCUT2D eigenvalue weighted by Gasteiger charge is 2.42. The van der Waals surface area contributed by atoms with Gasteiger partial charge in [0.15, 0.2) is 0 Å². The first kappa shape index (κ1) is 25.2. The zero-order chi connectivity index (χ0) is 24.0.